The molecule has 0 atom stereocenters. The molecular weight excluding hydrogens is 244 g/mol. The minimum absolute atomic E-state index is 0.0372. The summed E-state index contributed by atoms with van der Waals surface area (Å²) in [6.07, 6.45) is 3.62. The molecule has 4 nitrogen and oxygen atoms in total. The molecule has 0 amide bonds. The second-order valence-corrected chi connectivity index (χ2v) is 4.79. The average Bonchev–Trinajstić information content (AvgIpc) is 2.47. The first kappa shape index (κ1) is 13.7. The topological polar surface area (TPSA) is 44.8 Å². The lowest BCUT2D eigenvalue weighted by Crippen LogP contribution is -2.28. The Hall–Kier alpha value is -1.71. The van der Waals surface area contributed by atoms with Gasteiger partial charge in [0, 0.05) is 6.07 Å². The van der Waals surface area contributed by atoms with Gasteiger partial charge in [-0.2, -0.15) is 0 Å². The monoisotopic (exact) mass is 264 g/mol. The Labute approximate surface area is 113 Å². The lowest BCUT2D eigenvalue weighted by Gasteiger charge is -2.27. The quantitative estimate of drug-likeness (QED) is 0.784. The van der Waals surface area contributed by atoms with E-state index in [1.54, 1.807) is 7.11 Å². The molecular formula is C15H20O4. The summed E-state index contributed by atoms with van der Waals surface area (Å²) in [5, 5.41) is 0. The molecule has 0 aliphatic heterocycles. The fraction of sp³-hybridized carbons (Fsp3) is 0.533. The highest BCUT2D eigenvalue weighted by Gasteiger charge is 2.27. The molecule has 104 valence electrons. The SMILES string of the molecule is COC(=O)C1CCC(Oc2cccc(OC)c2)CC1. The third-order valence-electron chi connectivity index (χ3n) is 3.55. The van der Waals surface area contributed by atoms with Crippen LogP contribution in [0.25, 0.3) is 0 Å². The number of methoxy groups -OCH3 is 2. The summed E-state index contributed by atoms with van der Waals surface area (Å²) in [6, 6.07) is 7.61. The van der Waals surface area contributed by atoms with Crippen molar-refractivity contribution in [3.05, 3.63) is 24.3 Å². The fourth-order valence-corrected chi connectivity index (χ4v) is 2.45. The van der Waals surface area contributed by atoms with E-state index in [2.05, 4.69) is 0 Å². The van der Waals surface area contributed by atoms with Crippen molar-refractivity contribution in [2.75, 3.05) is 14.2 Å². The van der Waals surface area contributed by atoms with E-state index >= 15 is 0 Å². The van der Waals surface area contributed by atoms with Crippen LogP contribution in [0.15, 0.2) is 24.3 Å². The van der Waals surface area contributed by atoms with Crippen molar-refractivity contribution in [2.24, 2.45) is 5.92 Å². The summed E-state index contributed by atoms with van der Waals surface area (Å²) < 4.78 is 15.9. The van der Waals surface area contributed by atoms with Gasteiger partial charge >= 0.3 is 5.97 Å². The van der Waals surface area contributed by atoms with Crippen molar-refractivity contribution >= 4 is 5.97 Å². The van der Waals surface area contributed by atoms with E-state index in [0.29, 0.717) is 0 Å². The zero-order chi connectivity index (χ0) is 13.7. The molecule has 2 rings (SSSR count). The van der Waals surface area contributed by atoms with Crippen molar-refractivity contribution in [1.82, 2.24) is 0 Å². The first-order valence-electron chi connectivity index (χ1n) is 6.61. The Balaban J connectivity index is 1.86. The average molecular weight is 264 g/mol. The van der Waals surface area contributed by atoms with Crippen LogP contribution in [0.1, 0.15) is 25.7 Å². The van der Waals surface area contributed by atoms with Gasteiger partial charge in [0.05, 0.1) is 26.2 Å². The highest BCUT2D eigenvalue weighted by molar-refractivity contribution is 5.72. The number of carbonyl (C=O) groups excluding carboxylic acids is 1. The summed E-state index contributed by atoms with van der Waals surface area (Å²) in [5.41, 5.74) is 0. The Bertz CT molecular complexity index is 422. The molecule has 0 aromatic heterocycles. The van der Waals surface area contributed by atoms with Crippen molar-refractivity contribution in [2.45, 2.75) is 31.8 Å². The highest BCUT2D eigenvalue weighted by atomic mass is 16.5. The van der Waals surface area contributed by atoms with E-state index in [4.69, 9.17) is 14.2 Å². The van der Waals surface area contributed by atoms with Gasteiger partial charge in [0.25, 0.3) is 0 Å². The molecule has 0 heterocycles. The predicted octanol–water partition coefficient (Wildman–Crippen LogP) is 2.81. The minimum Gasteiger partial charge on any atom is -0.497 e. The first-order valence-corrected chi connectivity index (χ1v) is 6.61. The molecule has 19 heavy (non-hydrogen) atoms. The molecule has 0 spiro atoms. The largest absolute Gasteiger partial charge is 0.497 e. The lowest BCUT2D eigenvalue weighted by atomic mass is 9.87. The summed E-state index contributed by atoms with van der Waals surface area (Å²) >= 11 is 0. The van der Waals surface area contributed by atoms with E-state index < -0.39 is 0 Å². The van der Waals surface area contributed by atoms with Crippen LogP contribution in [0.4, 0.5) is 0 Å². The molecule has 1 aromatic rings. The maximum atomic E-state index is 11.4. The van der Waals surface area contributed by atoms with Gasteiger partial charge in [-0.05, 0) is 37.8 Å². The predicted molar refractivity (Wildman–Crippen MR) is 71.4 cm³/mol. The minimum atomic E-state index is -0.0974. The first-order chi connectivity index (χ1) is 9.22. The van der Waals surface area contributed by atoms with Crippen molar-refractivity contribution in [3.63, 3.8) is 0 Å². The van der Waals surface area contributed by atoms with Gasteiger partial charge in [-0.3, -0.25) is 4.79 Å². The van der Waals surface area contributed by atoms with Crippen LogP contribution in [0.5, 0.6) is 11.5 Å². The maximum Gasteiger partial charge on any atom is 0.308 e. The van der Waals surface area contributed by atoms with Crippen molar-refractivity contribution in [3.8, 4) is 11.5 Å². The van der Waals surface area contributed by atoms with Gasteiger partial charge in [-0.15, -0.1) is 0 Å². The summed E-state index contributed by atoms with van der Waals surface area (Å²) in [4.78, 5) is 11.4. The lowest BCUT2D eigenvalue weighted by molar-refractivity contribution is -0.147. The van der Waals surface area contributed by atoms with E-state index in [-0.39, 0.29) is 18.0 Å². The molecule has 1 fully saturated rings. The van der Waals surface area contributed by atoms with Gasteiger partial charge in [-0.25, -0.2) is 0 Å². The second kappa shape index (κ2) is 6.45. The Kier molecular flexibility index (Phi) is 4.66. The summed E-state index contributed by atoms with van der Waals surface area (Å²) in [7, 11) is 3.09. The third kappa shape index (κ3) is 3.63. The molecule has 1 aromatic carbocycles. The molecule has 0 N–H and O–H groups in total. The molecule has 0 radical (unpaired) electrons. The van der Waals surface area contributed by atoms with Gasteiger partial charge in [0.15, 0.2) is 0 Å². The maximum absolute atomic E-state index is 11.4. The summed E-state index contributed by atoms with van der Waals surface area (Å²) in [6.45, 7) is 0. The van der Waals surface area contributed by atoms with Crippen molar-refractivity contribution in [1.29, 1.82) is 0 Å². The number of hydrogen-bond donors (Lipinski definition) is 0. The highest BCUT2D eigenvalue weighted by Crippen LogP contribution is 2.29. The van der Waals surface area contributed by atoms with Crippen LogP contribution in [0, 0.1) is 5.92 Å². The van der Waals surface area contributed by atoms with Crippen LogP contribution >= 0.6 is 0 Å². The molecule has 1 aliphatic rings. The number of ether oxygens (including phenoxy) is 3. The number of hydrogen-bond acceptors (Lipinski definition) is 4. The molecule has 4 heteroatoms. The number of esters is 1. The van der Waals surface area contributed by atoms with E-state index in [9.17, 15) is 4.79 Å². The van der Waals surface area contributed by atoms with Crippen LogP contribution in [-0.4, -0.2) is 26.3 Å². The molecule has 0 saturated heterocycles. The Morgan fingerprint density at radius 3 is 2.42 bits per heavy atom. The zero-order valence-corrected chi connectivity index (χ0v) is 11.4. The van der Waals surface area contributed by atoms with E-state index in [1.807, 2.05) is 24.3 Å². The van der Waals surface area contributed by atoms with Gasteiger partial charge in [-0.1, -0.05) is 6.07 Å². The van der Waals surface area contributed by atoms with Crippen LogP contribution in [0.3, 0.4) is 0 Å². The van der Waals surface area contributed by atoms with E-state index in [1.165, 1.54) is 7.11 Å². The Morgan fingerprint density at radius 2 is 1.79 bits per heavy atom. The van der Waals surface area contributed by atoms with Crippen LogP contribution in [0.2, 0.25) is 0 Å². The zero-order valence-electron chi connectivity index (χ0n) is 11.4. The van der Waals surface area contributed by atoms with Crippen LogP contribution in [-0.2, 0) is 9.53 Å². The fourth-order valence-electron chi connectivity index (χ4n) is 2.45. The Morgan fingerprint density at radius 1 is 1.11 bits per heavy atom. The molecule has 1 saturated carbocycles. The normalized spacial score (nSPS) is 22.6. The van der Waals surface area contributed by atoms with E-state index in [0.717, 1.165) is 37.2 Å². The van der Waals surface area contributed by atoms with Crippen LogP contribution < -0.4 is 9.47 Å². The third-order valence-corrected chi connectivity index (χ3v) is 3.55. The smallest absolute Gasteiger partial charge is 0.308 e. The number of carbonyl (C=O) groups is 1. The molecule has 1 aliphatic carbocycles. The second-order valence-electron chi connectivity index (χ2n) is 4.79. The molecule has 0 bridgehead atoms. The van der Waals surface area contributed by atoms with Gasteiger partial charge in [0.1, 0.15) is 11.5 Å². The van der Waals surface area contributed by atoms with Gasteiger partial charge in [0.2, 0.25) is 0 Å². The summed E-state index contributed by atoms with van der Waals surface area (Å²) in [5.74, 6) is 1.55. The standard InChI is InChI=1S/C15H20O4/c1-17-13-4-3-5-14(10-13)19-12-8-6-11(7-9-12)15(16)18-2/h3-5,10-12H,6-9H2,1-2H3. The number of rotatable bonds is 4. The van der Waals surface area contributed by atoms with Gasteiger partial charge < -0.3 is 14.2 Å². The number of benzene rings is 1. The molecule has 0 unspecified atom stereocenters. The van der Waals surface area contributed by atoms with Crippen molar-refractivity contribution < 1.29 is 19.0 Å².